The van der Waals surface area contributed by atoms with Crippen molar-refractivity contribution in [2.24, 2.45) is 0 Å². The van der Waals surface area contributed by atoms with Crippen molar-refractivity contribution in [1.82, 2.24) is 15.1 Å². The number of fused-ring (bicyclic) bond motifs is 2. The zero-order valence-electron chi connectivity index (χ0n) is 15.7. The van der Waals surface area contributed by atoms with Crippen molar-refractivity contribution < 1.29 is 14.6 Å². The number of benzene rings is 2. The number of aromatic nitrogens is 2. The summed E-state index contributed by atoms with van der Waals surface area (Å²) in [6.45, 7) is 0.970. The van der Waals surface area contributed by atoms with Crippen molar-refractivity contribution in [1.29, 1.82) is 0 Å². The van der Waals surface area contributed by atoms with Crippen molar-refractivity contribution in [3.8, 4) is 11.1 Å². The monoisotopic (exact) mass is 411 g/mol. The third kappa shape index (κ3) is 3.58. The largest absolute Gasteiger partial charge is 0.389 e. The second-order valence-electron chi connectivity index (χ2n) is 7.43. The van der Waals surface area contributed by atoms with E-state index in [0.29, 0.717) is 18.2 Å². The van der Waals surface area contributed by atoms with Gasteiger partial charge in [0.05, 0.1) is 24.9 Å². The Labute approximate surface area is 174 Å². The lowest BCUT2D eigenvalue weighted by atomic mass is 9.95. The summed E-state index contributed by atoms with van der Waals surface area (Å²) in [6.07, 6.45) is 2.29. The maximum absolute atomic E-state index is 11.2. The van der Waals surface area contributed by atoms with Gasteiger partial charge in [0.2, 0.25) is 0 Å². The Morgan fingerprint density at radius 3 is 2.72 bits per heavy atom. The van der Waals surface area contributed by atoms with Gasteiger partial charge in [-0.05, 0) is 17.2 Å². The van der Waals surface area contributed by atoms with Crippen LogP contribution in [0.4, 0.5) is 0 Å². The molecule has 7 heteroatoms. The van der Waals surface area contributed by atoms with Crippen LogP contribution >= 0.6 is 11.6 Å². The molecule has 2 bridgehead atoms. The van der Waals surface area contributed by atoms with Gasteiger partial charge in [0.25, 0.3) is 0 Å². The lowest BCUT2D eigenvalue weighted by Crippen LogP contribution is -2.57. The molecule has 0 saturated carbocycles. The highest BCUT2D eigenvalue weighted by Gasteiger charge is 2.51. The van der Waals surface area contributed by atoms with Gasteiger partial charge in [-0.25, -0.2) is 0 Å². The first-order valence-corrected chi connectivity index (χ1v) is 10.1. The molecule has 2 aromatic carbocycles. The predicted octanol–water partition coefficient (Wildman–Crippen LogP) is 3.02. The first-order chi connectivity index (χ1) is 14.2. The lowest BCUT2D eigenvalue weighted by molar-refractivity contribution is -0.168. The van der Waals surface area contributed by atoms with Crippen molar-refractivity contribution >= 4 is 11.6 Å². The third-order valence-electron chi connectivity index (χ3n) is 5.63. The fourth-order valence-electron chi connectivity index (χ4n) is 4.08. The van der Waals surface area contributed by atoms with Gasteiger partial charge in [-0.1, -0.05) is 60.1 Å². The van der Waals surface area contributed by atoms with Crippen LogP contribution in [-0.4, -0.2) is 46.0 Å². The minimum absolute atomic E-state index is 0.210. The van der Waals surface area contributed by atoms with Crippen LogP contribution in [0.15, 0.2) is 67.0 Å². The van der Waals surface area contributed by atoms with E-state index in [-0.39, 0.29) is 12.1 Å². The van der Waals surface area contributed by atoms with Gasteiger partial charge in [-0.2, -0.15) is 5.10 Å². The summed E-state index contributed by atoms with van der Waals surface area (Å²) < 4.78 is 13.6. The molecule has 5 rings (SSSR count). The van der Waals surface area contributed by atoms with E-state index in [2.05, 4.69) is 10.4 Å². The summed E-state index contributed by atoms with van der Waals surface area (Å²) in [4.78, 5) is 0. The third-order valence-corrected chi connectivity index (χ3v) is 6.00. The Morgan fingerprint density at radius 1 is 1.10 bits per heavy atom. The molecule has 0 radical (unpaired) electrons. The first kappa shape index (κ1) is 18.8. The summed E-state index contributed by atoms with van der Waals surface area (Å²) >= 11 is 6.27. The molecular formula is C22H22ClN3O3. The van der Waals surface area contributed by atoms with E-state index in [4.69, 9.17) is 21.1 Å². The Balaban J connectivity index is 1.37. The molecule has 0 amide bonds. The number of nitrogens with zero attached hydrogens (tertiary/aromatic N) is 2. The zero-order valence-corrected chi connectivity index (χ0v) is 16.4. The molecule has 2 saturated heterocycles. The normalized spacial score (nSPS) is 28.6. The number of hydrogen-bond donors (Lipinski definition) is 2. The van der Waals surface area contributed by atoms with E-state index >= 15 is 0 Å². The Morgan fingerprint density at radius 2 is 1.90 bits per heavy atom. The van der Waals surface area contributed by atoms with Gasteiger partial charge in [-0.15, -0.1) is 0 Å². The van der Waals surface area contributed by atoms with E-state index in [1.54, 1.807) is 10.9 Å². The maximum Gasteiger partial charge on any atom is 0.183 e. The van der Waals surface area contributed by atoms with Gasteiger partial charge in [0.1, 0.15) is 12.1 Å². The highest BCUT2D eigenvalue weighted by molar-refractivity contribution is 6.31. The molecule has 150 valence electrons. The molecule has 3 heterocycles. The minimum Gasteiger partial charge on any atom is -0.389 e. The number of halogens is 1. The molecule has 29 heavy (non-hydrogen) atoms. The topological polar surface area (TPSA) is 68.5 Å². The molecule has 2 fully saturated rings. The average molecular weight is 412 g/mol. The Kier molecular flexibility index (Phi) is 5.11. The number of rotatable bonds is 5. The number of aliphatic hydroxyl groups excluding tert-OH is 1. The standard InChI is InChI=1S/C22H22ClN3O3/c23-17-9-5-4-8-15(17)10-24-19-18-13-28-22(29-18)20(21(19)27)26-12-16(11-25-26)14-6-2-1-3-7-14/h1-9,11-12,18-22,24,27H,10,13H2/t18-,19-,20-,21+,22-/m1/s1. The smallest absolute Gasteiger partial charge is 0.183 e. The second-order valence-corrected chi connectivity index (χ2v) is 7.84. The molecule has 0 spiro atoms. The van der Waals surface area contributed by atoms with Crippen LogP contribution in [-0.2, 0) is 16.0 Å². The highest BCUT2D eigenvalue weighted by Crippen LogP contribution is 2.36. The number of ether oxygens (including phenoxy) is 2. The van der Waals surface area contributed by atoms with E-state index in [9.17, 15) is 5.11 Å². The quantitative estimate of drug-likeness (QED) is 0.675. The highest BCUT2D eigenvalue weighted by atomic mass is 35.5. The number of aliphatic hydroxyl groups is 1. The van der Waals surface area contributed by atoms with E-state index < -0.39 is 18.4 Å². The van der Waals surface area contributed by atoms with Crippen LogP contribution < -0.4 is 5.32 Å². The van der Waals surface area contributed by atoms with Crippen LogP contribution in [0.25, 0.3) is 11.1 Å². The minimum atomic E-state index is -0.715. The summed E-state index contributed by atoms with van der Waals surface area (Å²) in [7, 11) is 0. The van der Waals surface area contributed by atoms with Crippen molar-refractivity contribution in [2.75, 3.05) is 6.61 Å². The summed E-state index contributed by atoms with van der Waals surface area (Å²) in [6, 6.07) is 17.0. The molecule has 2 aliphatic heterocycles. The first-order valence-electron chi connectivity index (χ1n) is 9.72. The van der Waals surface area contributed by atoms with Crippen molar-refractivity contribution in [3.63, 3.8) is 0 Å². The van der Waals surface area contributed by atoms with Crippen molar-refractivity contribution in [2.45, 2.75) is 37.1 Å². The Bertz CT molecular complexity index is 980. The molecule has 0 aliphatic carbocycles. The predicted molar refractivity (Wildman–Crippen MR) is 109 cm³/mol. The van der Waals surface area contributed by atoms with Crippen LogP contribution in [0, 0.1) is 0 Å². The van der Waals surface area contributed by atoms with Gasteiger partial charge < -0.3 is 19.9 Å². The molecule has 6 nitrogen and oxygen atoms in total. The lowest BCUT2D eigenvalue weighted by Gasteiger charge is -2.38. The number of nitrogens with one attached hydrogen (secondary N) is 1. The maximum atomic E-state index is 11.2. The zero-order chi connectivity index (χ0) is 19.8. The summed E-state index contributed by atoms with van der Waals surface area (Å²) in [5.41, 5.74) is 3.03. The van der Waals surface area contributed by atoms with E-state index in [0.717, 1.165) is 16.7 Å². The summed E-state index contributed by atoms with van der Waals surface area (Å²) in [5, 5.41) is 19.8. The molecule has 2 N–H and O–H groups in total. The van der Waals surface area contributed by atoms with Gasteiger partial charge in [-0.3, -0.25) is 4.68 Å². The number of hydrogen-bond acceptors (Lipinski definition) is 5. The van der Waals surface area contributed by atoms with Crippen molar-refractivity contribution in [3.05, 3.63) is 77.6 Å². The summed E-state index contributed by atoms with van der Waals surface area (Å²) in [5.74, 6) is 0. The molecule has 1 aromatic heterocycles. The molecule has 5 atom stereocenters. The van der Waals surface area contributed by atoms with Crippen LogP contribution in [0.5, 0.6) is 0 Å². The molecule has 3 aromatic rings. The second kappa shape index (κ2) is 7.89. The van der Waals surface area contributed by atoms with E-state index in [1.807, 2.05) is 60.8 Å². The van der Waals surface area contributed by atoms with E-state index in [1.165, 1.54) is 0 Å². The average Bonchev–Trinajstić information content (AvgIpc) is 3.39. The fraction of sp³-hybridized carbons (Fsp3) is 0.318. The molecular weight excluding hydrogens is 390 g/mol. The van der Waals surface area contributed by atoms with Crippen LogP contribution in [0.2, 0.25) is 5.02 Å². The van der Waals surface area contributed by atoms with Gasteiger partial charge >= 0.3 is 0 Å². The van der Waals surface area contributed by atoms with Crippen LogP contribution in [0.1, 0.15) is 11.6 Å². The van der Waals surface area contributed by atoms with Gasteiger partial charge in [0, 0.05) is 23.3 Å². The SMILES string of the molecule is O[C@H]1[C@H](NCc2ccccc2Cl)[C@H]2CO[C@H](O2)[C@@H]1n1cc(-c2ccccc2)cn1. The molecule has 2 aliphatic rings. The Hall–Kier alpha value is -2.22. The van der Waals surface area contributed by atoms with Crippen LogP contribution in [0.3, 0.4) is 0 Å². The molecule has 0 unspecified atom stereocenters. The van der Waals surface area contributed by atoms with Gasteiger partial charge in [0.15, 0.2) is 6.29 Å². The fourth-order valence-corrected chi connectivity index (χ4v) is 4.29.